The number of hydrogen-bond acceptors (Lipinski definition) is 4. The largest absolute Gasteiger partial charge is 0.312 e. The second-order valence-electron chi connectivity index (χ2n) is 5.10. The van der Waals surface area contributed by atoms with Crippen molar-refractivity contribution >= 4 is 17.4 Å². The van der Waals surface area contributed by atoms with E-state index in [2.05, 4.69) is 26.1 Å². The molecule has 0 spiro atoms. The molecular formula is C13H20N2O2S. The van der Waals surface area contributed by atoms with Crippen LogP contribution in [0.1, 0.15) is 27.2 Å². The third kappa shape index (κ3) is 5.51. The molecule has 5 heteroatoms. The Hall–Kier alpha value is -1.07. The zero-order valence-electron chi connectivity index (χ0n) is 11.1. The molecule has 0 radical (unpaired) electrons. The van der Waals surface area contributed by atoms with Gasteiger partial charge in [0.25, 0.3) is 5.69 Å². The van der Waals surface area contributed by atoms with E-state index in [-0.39, 0.29) is 16.1 Å². The van der Waals surface area contributed by atoms with Gasteiger partial charge in [0.2, 0.25) is 0 Å². The van der Waals surface area contributed by atoms with Crippen LogP contribution in [0.25, 0.3) is 0 Å². The Kier molecular flexibility index (Phi) is 5.62. The average Bonchev–Trinajstić information content (AvgIpc) is 2.27. The lowest BCUT2D eigenvalue weighted by Gasteiger charge is -2.20. The molecule has 0 aliphatic rings. The van der Waals surface area contributed by atoms with Crippen molar-refractivity contribution in [3.63, 3.8) is 0 Å². The number of rotatable bonds is 6. The lowest BCUT2D eigenvalue weighted by molar-refractivity contribution is -0.387. The molecule has 100 valence electrons. The quantitative estimate of drug-likeness (QED) is 0.371. The van der Waals surface area contributed by atoms with E-state index in [0.717, 1.165) is 23.6 Å². The normalized spacial score (nSPS) is 11.5. The summed E-state index contributed by atoms with van der Waals surface area (Å²) in [4.78, 5) is 11.2. The summed E-state index contributed by atoms with van der Waals surface area (Å²) in [6, 6.07) is 6.89. The number of nitrogens with one attached hydrogen (secondary N) is 1. The summed E-state index contributed by atoms with van der Waals surface area (Å²) in [6.07, 6.45) is 0.994. The molecule has 0 saturated heterocycles. The van der Waals surface area contributed by atoms with E-state index in [1.807, 2.05) is 6.07 Å². The smallest absolute Gasteiger partial charge is 0.282 e. The standard InChI is InChI=1S/C13H20N2O2S/c1-13(2,3)14-9-6-10-18-12-8-5-4-7-11(12)15(16)17/h4-5,7-8,14H,6,9-10H2,1-3H3. The van der Waals surface area contributed by atoms with E-state index in [1.54, 1.807) is 30.0 Å². The first-order valence-corrected chi connectivity index (χ1v) is 7.00. The summed E-state index contributed by atoms with van der Waals surface area (Å²) in [5, 5.41) is 14.2. The second kappa shape index (κ2) is 6.75. The summed E-state index contributed by atoms with van der Waals surface area (Å²) >= 11 is 1.54. The molecular weight excluding hydrogens is 248 g/mol. The first-order valence-electron chi connectivity index (χ1n) is 6.01. The highest BCUT2D eigenvalue weighted by molar-refractivity contribution is 7.99. The Morgan fingerprint density at radius 2 is 2.00 bits per heavy atom. The monoisotopic (exact) mass is 268 g/mol. The molecule has 18 heavy (non-hydrogen) atoms. The summed E-state index contributed by atoms with van der Waals surface area (Å²) in [6.45, 7) is 7.31. The van der Waals surface area contributed by atoms with Gasteiger partial charge in [0.15, 0.2) is 0 Å². The zero-order valence-corrected chi connectivity index (χ0v) is 11.9. The van der Waals surface area contributed by atoms with Gasteiger partial charge in [-0.25, -0.2) is 0 Å². The average molecular weight is 268 g/mol. The number of benzene rings is 1. The van der Waals surface area contributed by atoms with Gasteiger partial charge < -0.3 is 5.32 Å². The van der Waals surface area contributed by atoms with E-state index in [0.29, 0.717) is 0 Å². The number of nitrogens with zero attached hydrogens (tertiary/aromatic N) is 1. The van der Waals surface area contributed by atoms with Crippen molar-refractivity contribution in [2.75, 3.05) is 12.3 Å². The minimum absolute atomic E-state index is 0.128. The van der Waals surface area contributed by atoms with Crippen LogP contribution in [0.15, 0.2) is 29.2 Å². The molecule has 0 aliphatic carbocycles. The Balaban J connectivity index is 2.38. The van der Waals surface area contributed by atoms with Gasteiger partial charge >= 0.3 is 0 Å². The first kappa shape index (κ1) is 15.0. The maximum Gasteiger partial charge on any atom is 0.282 e. The van der Waals surface area contributed by atoms with Crippen molar-refractivity contribution in [3.8, 4) is 0 Å². The molecule has 1 N–H and O–H groups in total. The molecule has 0 unspecified atom stereocenters. The predicted octanol–water partition coefficient (Wildman–Crippen LogP) is 3.47. The van der Waals surface area contributed by atoms with Crippen LogP contribution >= 0.6 is 11.8 Å². The van der Waals surface area contributed by atoms with Crippen molar-refractivity contribution in [1.82, 2.24) is 5.32 Å². The third-order valence-electron chi connectivity index (χ3n) is 2.30. The Morgan fingerprint density at radius 3 is 2.61 bits per heavy atom. The van der Waals surface area contributed by atoms with E-state index in [9.17, 15) is 10.1 Å². The molecule has 0 aliphatic heterocycles. The van der Waals surface area contributed by atoms with Crippen LogP contribution in [0.2, 0.25) is 0 Å². The van der Waals surface area contributed by atoms with Gasteiger partial charge in [-0.2, -0.15) is 0 Å². The van der Waals surface area contributed by atoms with Crippen molar-refractivity contribution < 1.29 is 4.92 Å². The maximum atomic E-state index is 10.8. The molecule has 0 atom stereocenters. The molecule has 1 rings (SSSR count). The minimum Gasteiger partial charge on any atom is -0.312 e. The Labute approximate surface area is 112 Å². The van der Waals surface area contributed by atoms with Crippen molar-refractivity contribution in [2.24, 2.45) is 0 Å². The van der Waals surface area contributed by atoms with Crippen LogP contribution in [-0.2, 0) is 0 Å². The lowest BCUT2D eigenvalue weighted by atomic mass is 10.1. The summed E-state index contributed by atoms with van der Waals surface area (Å²) in [5.74, 6) is 0.883. The summed E-state index contributed by atoms with van der Waals surface area (Å²) in [5.41, 5.74) is 0.329. The molecule has 4 nitrogen and oxygen atoms in total. The van der Waals surface area contributed by atoms with Crippen molar-refractivity contribution in [2.45, 2.75) is 37.6 Å². The molecule has 0 bridgehead atoms. The first-order chi connectivity index (χ1) is 8.40. The van der Waals surface area contributed by atoms with Crippen molar-refractivity contribution in [1.29, 1.82) is 0 Å². The van der Waals surface area contributed by atoms with Gasteiger partial charge in [-0.05, 0) is 45.6 Å². The molecule has 0 aromatic heterocycles. The SMILES string of the molecule is CC(C)(C)NCCCSc1ccccc1[N+](=O)[O-]. The van der Waals surface area contributed by atoms with Crippen LogP contribution in [0, 0.1) is 10.1 Å². The van der Waals surface area contributed by atoms with Crippen LogP contribution in [0.3, 0.4) is 0 Å². The molecule has 1 aromatic carbocycles. The highest BCUT2D eigenvalue weighted by atomic mass is 32.2. The van der Waals surface area contributed by atoms with E-state index >= 15 is 0 Å². The number of hydrogen-bond donors (Lipinski definition) is 1. The summed E-state index contributed by atoms with van der Waals surface area (Å²) < 4.78 is 0. The molecule has 0 heterocycles. The van der Waals surface area contributed by atoms with Crippen LogP contribution in [0.5, 0.6) is 0 Å². The summed E-state index contributed by atoms with van der Waals surface area (Å²) in [7, 11) is 0. The number of nitro benzene ring substituents is 1. The van der Waals surface area contributed by atoms with Gasteiger partial charge in [0.1, 0.15) is 0 Å². The van der Waals surface area contributed by atoms with Gasteiger partial charge in [-0.15, -0.1) is 11.8 Å². The fourth-order valence-corrected chi connectivity index (χ4v) is 2.42. The Morgan fingerprint density at radius 1 is 1.33 bits per heavy atom. The second-order valence-corrected chi connectivity index (χ2v) is 6.24. The molecule has 0 saturated carbocycles. The van der Waals surface area contributed by atoms with Crippen LogP contribution < -0.4 is 5.32 Å². The third-order valence-corrected chi connectivity index (χ3v) is 3.44. The number of thioether (sulfide) groups is 1. The maximum absolute atomic E-state index is 10.8. The predicted molar refractivity (Wildman–Crippen MR) is 76.2 cm³/mol. The van der Waals surface area contributed by atoms with Crippen LogP contribution in [-0.4, -0.2) is 22.8 Å². The van der Waals surface area contributed by atoms with E-state index in [4.69, 9.17) is 0 Å². The zero-order chi connectivity index (χ0) is 13.6. The van der Waals surface area contributed by atoms with Crippen LogP contribution in [0.4, 0.5) is 5.69 Å². The van der Waals surface area contributed by atoms with Crippen molar-refractivity contribution in [3.05, 3.63) is 34.4 Å². The topological polar surface area (TPSA) is 55.2 Å². The van der Waals surface area contributed by atoms with E-state index in [1.165, 1.54) is 0 Å². The van der Waals surface area contributed by atoms with Gasteiger partial charge in [0, 0.05) is 11.6 Å². The highest BCUT2D eigenvalue weighted by Crippen LogP contribution is 2.28. The van der Waals surface area contributed by atoms with E-state index < -0.39 is 0 Å². The molecule has 0 fully saturated rings. The molecule has 1 aromatic rings. The highest BCUT2D eigenvalue weighted by Gasteiger charge is 2.12. The number of para-hydroxylation sites is 1. The van der Waals surface area contributed by atoms with Gasteiger partial charge in [-0.1, -0.05) is 12.1 Å². The van der Waals surface area contributed by atoms with Gasteiger partial charge in [-0.3, -0.25) is 10.1 Å². The number of nitro groups is 1. The lowest BCUT2D eigenvalue weighted by Crippen LogP contribution is -2.36. The minimum atomic E-state index is -0.324. The fraction of sp³-hybridized carbons (Fsp3) is 0.538. The molecule has 0 amide bonds. The fourth-order valence-electron chi connectivity index (χ4n) is 1.45. The van der Waals surface area contributed by atoms with Gasteiger partial charge in [0.05, 0.1) is 9.82 Å². The Bertz CT molecular complexity index is 402.